The van der Waals surface area contributed by atoms with Crippen LogP contribution in [0, 0.1) is 0 Å². The molecule has 6 nitrogen and oxygen atoms in total. The average molecular weight is 451 g/mol. The molecule has 0 saturated carbocycles. The van der Waals surface area contributed by atoms with Crippen LogP contribution < -0.4 is 10.1 Å². The van der Waals surface area contributed by atoms with Crippen LogP contribution in [0.15, 0.2) is 36.4 Å². The summed E-state index contributed by atoms with van der Waals surface area (Å²) in [6.45, 7) is 2.95. The normalized spacial score (nSPS) is 15.0. The zero-order valence-corrected chi connectivity index (χ0v) is 18.2. The van der Waals surface area contributed by atoms with Gasteiger partial charge in [-0.25, -0.2) is 4.79 Å². The summed E-state index contributed by atoms with van der Waals surface area (Å²) < 4.78 is 5.32. The lowest BCUT2D eigenvalue weighted by molar-refractivity contribution is -0.139. The first-order chi connectivity index (χ1) is 14.4. The van der Waals surface area contributed by atoms with Gasteiger partial charge in [0, 0.05) is 11.6 Å². The number of carboxylic acid groups (broad SMARTS) is 1. The highest BCUT2D eigenvalue weighted by Gasteiger charge is 2.27. The van der Waals surface area contributed by atoms with Crippen molar-refractivity contribution in [3.63, 3.8) is 0 Å². The number of benzene rings is 2. The van der Waals surface area contributed by atoms with Crippen molar-refractivity contribution in [2.45, 2.75) is 38.8 Å². The summed E-state index contributed by atoms with van der Waals surface area (Å²) in [6, 6.07) is 10.3. The Hall–Kier alpha value is -2.28. The van der Waals surface area contributed by atoms with Gasteiger partial charge in [-0.2, -0.15) is 0 Å². The standard InChI is InChI=1S/C22H24Cl2N2O4/c1-2-20(22(29)25-19-8-6-16(23)11-18(19)24)26-9-3-4-14-5-7-17(10-15(14)12-26)30-13-21(27)28/h5-8,10-11,20H,2-4,9,12-13H2,1H3,(H,25,29)(H,27,28)/t20-/m1/s1. The second-order valence-electron chi connectivity index (χ2n) is 7.22. The number of fused-ring (bicyclic) bond motifs is 1. The fourth-order valence-corrected chi connectivity index (χ4v) is 4.14. The number of carbonyl (C=O) groups is 2. The molecule has 1 atom stereocenters. The van der Waals surface area contributed by atoms with E-state index in [1.807, 2.05) is 19.1 Å². The maximum Gasteiger partial charge on any atom is 0.341 e. The lowest BCUT2D eigenvalue weighted by atomic mass is 10.0. The van der Waals surface area contributed by atoms with Gasteiger partial charge in [-0.05, 0) is 67.3 Å². The monoisotopic (exact) mass is 450 g/mol. The van der Waals surface area contributed by atoms with Gasteiger partial charge in [0.25, 0.3) is 0 Å². The van der Waals surface area contributed by atoms with Crippen molar-refractivity contribution in [2.75, 3.05) is 18.5 Å². The number of hydrogen-bond acceptors (Lipinski definition) is 4. The van der Waals surface area contributed by atoms with Gasteiger partial charge in [0.05, 0.1) is 16.8 Å². The molecule has 0 aromatic heterocycles. The molecule has 1 heterocycles. The summed E-state index contributed by atoms with van der Waals surface area (Å²) >= 11 is 12.1. The molecule has 1 aliphatic rings. The molecule has 1 amide bonds. The maximum atomic E-state index is 13.0. The molecule has 0 radical (unpaired) electrons. The van der Waals surface area contributed by atoms with Crippen molar-refractivity contribution in [1.82, 2.24) is 4.90 Å². The van der Waals surface area contributed by atoms with Gasteiger partial charge in [-0.1, -0.05) is 36.2 Å². The van der Waals surface area contributed by atoms with E-state index in [4.69, 9.17) is 33.0 Å². The van der Waals surface area contributed by atoms with E-state index in [-0.39, 0.29) is 18.6 Å². The zero-order valence-electron chi connectivity index (χ0n) is 16.7. The molecule has 1 aliphatic heterocycles. The molecule has 3 rings (SSSR count). The minimum absolute atomic E-state index is 0.122. The minimum Gasteiger partial charge on any atom is -0.482 e. The fraction of sp³-hybridized carbons (Fsp3) is 0.364. The topological polar surface area (TPSA) is 78.9 Å². The number of ether oxygens (including phenoxy) is 1. The second-order valence-corrected chi connectivity index (χ2v) is 8.07. The molecule has 0 saturated heterocycles. The number of amides is 1. The van der Waals surface area contributed by atoms with E-state index in [1.54, 1.807) is 24.3 Å². The molecular weight excluding hydrogens is 427 g/mol. The zero-order chi connectivity index (χ0) is 21.7. The van der Waals surface area contributed by atoms with Crippen LogP contribution in [0.3, 0.4) is 0 Å². The van der Waals surface area contributed by atoms with Gasteiger partial charge in [-0.15, -0.1) is 0 Å². The first-order valence-electron chi connectivity index (χ1n) is 9.83. The van der Waals surface area contributed by atoms with Crippen LogP contribution in [-0.2, 0) is 22.6 Å². The second kappa shape index (κ2) is 10.2. The number of rotatable bonds is 7. The molecule has 0 unspecified atom stereocenters. The van der Waals surface area contributed by atoms with E-state index in [0.29, 0.717) is 34.4 Å². The summed E-state index contributed by atoms with van der Waals surface area (Å²) in [4.78, 5) is 25.9. The van der Waals surface area contributed by atoms with Crippen molar-refractivity contribution >= 4 is 40.8 Å². The Labute approximate surface area is 185 Å². The van der Waals surface area contributed by atoms with Crippen molar-refractivity contribution in [3.05, 3.63) is 57.6 Å². The molecule has 2 N–H and O–H groups in total. The first-order valence-corrected chi connectivity index (χ1v) is 10.6. The minimum atomic E-state index is -1.02. The Morgan fingerprint density at radius 3 is 2.70 bits per heavy atom. The van der Waals surface area contributed by atoms with Crippen LogP contribution >= 0.6 is 23.2 Å². The molecule has 0 aliphatic carbocycles. The van der Waals surface area contributed by atoms with E-state index in [9.17, 15) is 9.59 Å². The number of anilines is 1. The molecule has 2 aromatic carbocycles. The Morgan fingerprint density at radius 2 is 2.00 bits per heavy atom. The van der Waals surface area contributed by atoms with Crippen LogP contribution in [0.25, 0.3) is 0 Å². The van der Waals surface area contributed by atoms with Crippen molar-refractivity contribution in [2.24, 2.45) is 0 Å². The lowest BCUT2D eigenvalue weighted by Gasteiger charge is -2.29. The summed E-state index contributed by atoms with van der Waals surface area (Å²) in [5.41, 5.74) is 2.77. The van der Waals surface area contributed by atoms with Gasteiger partial charge < -0.3 is 15.2 Å². The Balaban J connectivity index is 1.75. The number of nitrogens with zero attached hydrogens (tertiary/aromatic N) is 1. The third-order valence-corrected chi connectivity index (χ3v) is 5.67. The van der Waals surface area contributed by atoms with E-state index >= 15 is 0 Å². The first kappa shape index (κ1) is 22.4. The molecule has 30 heavy (non-hydrogen) atoms. The molecule has 0 spiro atoms. The summed E-state index contributed by atoms with van der Waals surface area (Å²) in [7, 11) is 0. The predicted molar refractivity (Wildman–Crippen MR) is 117 cm³/mol. The van der Waals surface area contributed by atoms with Crippen molar-refractivity contribution < 1.29 is 19.4 Å². The largest absolute Gasteiger partial charge is 0.482 e. The smallest absolute Gasteiger partial charge is 0.341 e. The van der Waals surface area contributed by atoms with Gasteiger partial charge in [-0.3, -0.25) is 9.69 Å². The summed E-state index contributed by atoms with van der Waals surface area (Å²) in [5, 5.41) is 12.6. The van der Waals surface area contributed by atoms with Crippen molar-refractivity contribution in [1.29, 1.82) is 0 Å². The highest BCUT2D eigenvalue weighted by molar-refractivity contribution is 6.36. The van der Waals surface area contributed by atoms with Gasteiger partial charge in [0.15, 0.2) is 6.61 Å². The Morgan fingerprint density at radius 1 is 1.20 bits per heavy atom. The highest BCUT2D eigenvalue weighted by atomic mass is 35.5. The fourth-order valence-electron chi connectivity index (χ4n) is 3.68. The molecular formula is C22H24Cl2N2O4. The number of aryl methyl sites for hydroxylation is 1. The number of carboxylic acids is 1. The van der Waals surface area contributed by atoms with Crippen molar-refractivity contribution in [3.8, 4) is 5.75 Å². The summed E-state index contributed by atoms with van der Waals surface area (Å²) in [6.07, 6.45) is 2.46. The number of carbonyl (C=O) groups excluding carboxylic acids is 1. The molecule has 0 bridgehead atoms. The van der Waals surface area contributed by atoms with Gasteiger partial charge >= 0.3 is 5.97 Å². The molecule has 2 aromatic rings. The maximum absolute atomic E-state index is 13.0. The van der Waals surface area contributed by atoms with Crippen LogP contribution in [0.1, 0.15) is 30.9 Å². The SMILES string of the molecule is CC[C@H](C(=O)Nc1ccc(Cl)cc1Cl)N1CCCc2ccc(OCC(=O)O)cc2C1. The van der Waals surface area contributed by atoms with Crippen LogP contribution in [0.4, 0.5) is 5.69 Å². The summed E-state index contributed by atoms with van der Waals surface area (Å²) in [5.74, 6) is -0.623. The molecule has 0 fully saturated rings. The average Bonchev–Trinajstić information content (AvgIpc) is 2.91. The van der Waals surface area contributed by atoms with E-state index in [2.05, 4.69) is 10.2 Å². The number of hydrogen-bond donors (Lipinski definition) is 2. The Kier molecular flexibility index (Phi) is 7.58. The van der Waals surface area contributed by atoms with Crippen LogP contribution in [-0.4, -0.2) is 41.1 Å². The van der Waals surface area contributed by atoms with Gasteiger partial charge in [0.2, 0.25) is 5.91 Å². The van der Waals surface area contributed by atoms with E-state index < -0.39 is 5.97 Å². The highest BCUT2D eigenvalue weighted by Crippen LogP contribution is 2.28. The lowest BCUT2D eigenvalue weighted by Crippen LogP contribution is -2.43. The number of aliphatic carboxylic acids is 1. The third kappa shape index (κ3) is 5.65. The quantitative estimate of drug-likeness (QED) is 0.642. The third-order valence-electron chi connectivity index (χ3n) is 5.12. The van der Waals surface area contributed by atoms with Crippen LogP contribution in [0.2, 0.25) is 10.0 Å². The molecule has 160 valence electrons. The predicted octanol–water partition coefficient (Wildman–Crippen LogP) is 4.62. The number of nitrogens with one attached hydrogen (secondary N) is 1. The number of halogens is 2. The molecule has 8 heteroatoms. The van der Waals surface area contributed by atoms with E-state index in [0.717, 1.165) is 24.9 Å². The Bertz CT molecular complexity index is 935. The van der Waals surface area contributed by atoms with Gasteiger partial charge in [0.1, 0.15) is 5.75 Å². The van der Waals surface area contributed by atoms with E-state index in [1.165, 1.54) is 5.56 Å². The van der Waals surface area contributed by atoms with Crippen LogP contribution in [0.5, 0.6) is 5.75 Å².